The number of para-hydroxylation sites is 2. The summed E-state index contributed by atoms with van der Waals surface area (Å²) in [6.07, 6.45) is -3.26. The Bertz CT molecular complexity index is 1210. The van der Waals surface area contributed by atoms with Gasteiger partial charge in [-0.05, 0) is 35.2 Å². The second-order valence-electron chi connectivity index (χ2n) is 9.43. The first-order chi connectivity index (χ1) is 16.9. The number of hydrogen-bond acceptors (Lipinski definition) is 6. The number of nitrogens with zero attached hydrogens (tertiary/aromatic N) is 1. The molecule has 1 aliphatic heterocycles. The fourth-order valence-electron chi connectivity index (χ4n) is 4.98. The van der Waals surface area contributed by atoms with Crippen molar-refractivity contribution < 1.29 is 37.0 Å². The molecular formula is C26H27F3N2O5. The molecule has 0 saturated heterocycles. The number of fused-ring (bicyclic) bond motifs is 2. The topological polar surface area (TPSA) is 77.1 Å². The Kier molecular flexibility index (Phi) is 6.40. The molecule has 36 heavy (non-hydrogen) atoms. The van der Waals surface area contributed by atoms with E-state index in [9.17, 15) is 22.8 Å². The number of amides is 1. The van der Waals surface area contributed by atoms with Gasteiger partial charge in [-0.15, -0.1) is 0 Å². The maximum atomic E-state index is 14.0. The Morgan fingerprint density at radius 3 is 2.22 bits per heavy atom. The van der Waals surface area contributed by atoms with Crippen molar-refractivity contribution in [1.29, 1.82) is 0 Å². The van der Waals surface area contributed by atoms with Gasteiger partial charge in [0.1, 0.15) is 5.78 Å². The number of hydrogen-bond donors (Lipinski definition) is 1. The Labute approximate surface area is 206 Å². The molecule has 10 heteroatoms. The molecule has 0 aromatic heterocycles. The number of carbonyl (C=O) groups is 2. The molecule has 0 saturated carbocycles. The number of alkyl halides is 3. The molecule has 2 aliphatic rings. The first-order valence-corrected chi connectivity index (χ1v) is 11.2. The molecule has 0 spiro atoms. The normalized spacial score (nSPS) is 20.8. The van der Waals surface area contributed by atoms with E-state index in [0.29, 0.717) is 10.6 Å². The highest BCUT2D eigenvalue weighted by molar-refractivity contribution is 6.03. The highest BCUT2D eigenvalue weighted by atomic mass is 19.4. The van der Waals surface area contributed by atoms with Crippen LogP contribution in [0.1, 0.15) is 31.9 Å². The molecule has 1 aliphatic carbocycles. The van der Waals surface area contributed by atoms with E-state index >= 15 is 0 Å². The molecule has 2 atom stereocenters. The van der Waals surface area contributed by atoms with Gasteiger partial charge in [0, 0.05) is 12.1 Å². The van der Waals surface area contributed by atoms with Gasteiger partial charge in [-0.25, -0.2) is 0 Å². The standard InChI is InChI=1S/C26H27F3N2O5/c1-25(2)12-16-21(18(32)13-25)22(14-10-19(34-3)23(36-5)20(11-14)35-4)31(24(33)26(27,28)29)17-9-7-6-8-15(17)30-16/h6-12,21-22,30H,13H2,1-5H3. The van der Waals surface area contributed by atoms with Crippen molar-refractivity contribution in [3.05, 3.63) is 53.7 Å². The van der Waals surface area contributed by atoms with E-state index in [-0.39, 0.29) is 46.4 Å². The van der Waals surface area contributed by atoms with Crippen LogP contribution in [0.5, 0.6) is 17.2 Å². The third-order valence-corrected chi connectivity index (χ3v) is 6.38. The van der Waals surface area contributed by atoms with Crippen LogP contribution in [0.25, 0.3) is 0 Å². The summed E-state index contributed by atoms with van der Waals surface area (Å²) in [7, 11) is 4.16. The number of methoxy groups -OCH3 is 3. The van der Waals surface area contributed by atoms with Crippen molar-refractivity contribution in [2.75, 3.05) is 31.5 Å². The summed E-state index contributed by atoms with van der Waals surface area (Å²) in [5.74, 6) is -2.88. The monoisotopic (exact) mass is 504 g/mol. The van der Waals surface area contributed by atoms with Crippen molar-refractivity contribution in [3.8, 4) is 17.2 Å². The molecule has 2 aromatic carbocycles. The fraction of sp³-hybridized carbons (Fsp3) is 0.385. The predicted octanol–water partition coefficient (Wildman–Crippen LogP) is 5.27. The zero-order valence-corrected chi connectivity index (χ0v) is 20.5. The first-order valence-electron chi connectivity index (χ1n) is 11.2. The van der Waals surface area contributed by atoms with E-state index in [2.05, 4.69) is 5.32 Å². The molecule has 0 bridgehead atoms. The van der Waals surface area contributed by atoms with Crippen molar-refractivity contribution in [1.82, 2.24) is 0 Å². The fourth-order valence-corrected chi connectivity index (χ4v) is 4.98. The molecule has 1 heterocycles. The lowest BCUT2D eigenvalue weighted by atomic mass is 9.72. The summed E-state index contributed by atoms with van der Waals surface area (Å²) in [6.45, 7) is 3.75. The number of carbonyl (C=O) groups excluding carboxylic acids is 2. The smallest absolute Gasteiger partial charge is 0.471 e. The number of nitrogens with one attached hydrogen (secondary N) is 1. The van der Waals surface area contributed by atoms with Gasteiger partial charge in [-0.3, -0.25) is 14.5 Å². The van der Waals surface area contributed by atoms with Gasteiger partial charge < -0.3 is 19.5 Å². The third kappa shape index (κ3) is 4.36. The number of rotatable bonds is 4. The second-order valence-corrected chi connectivity index (χ2v) is 9.43. The molecule has 1 amide bonds. The molecule has 0 fully saturated rings. The molecule has 4 rings (SSSR count). The van der Waals surface area contributed by atoms with Crippen LogP contribution in [0, 0.1) is 11.3 Å². The summed E-state index contributed by atoms with van der Waals surface area (Å²) >= 11 is 0. The van der Waals surface area contributed by atoms with Gasteiger partial charge in [-0.1, -0.05) is 32.1 Å². The van der Waals surface area contributed by atoms with Crippen LogP contribution >= 0.6 is 0 Å². The minimum Gasteiger partial charge on any atom is -0.493 e. The number of halogens is 3. The summed E-state index contributed by atoms with van der Waals surface area (Å²) < 4.78 is 58.3. The number of allylic oxidation sites excluding steroid dienone is 1. The molecule has 1 N–H and O–H groups in total. The summed E-state index contributed by atoms with van der Waals surface area (Å²) in [5, 5.41) is 3.16. The van der Waals surface area contributed by atoms with Gasteiger partial charge >= 0.3 is 12.1 Å². The highest BCUT2D eigenvalue weighted by Crippen LogP contribution is 2.51. The molecule has 2 unspecified atom stereocenters. The number of anilines is 2. The van der Waals surface area contributed by atoms with Gasteiger partial charge in [0.25, 0.3) is 0 Å². The maximum Gasteiger partial charge on any atom is 0.471 e. The lowest BCUT2D eigenvalue weighted by molar-refractivity contribution is -0.171. The zero-order chi connectivity index (χ0) is 26.4. The van der Waals surface area contributed by atoms with Crippen LogP contribution in [-0.2, 0) is 9.59 Å². The number of benzene rings is 2. The molecule has 192 valence electrons. The van der Waals surface area contributed by atoms with Gasteiger partial charge in [0.15, 0.2) is 11.5 Å². The van der Waals surface area contributed by atoms with Crippen LogP contribution < -0.4 is 24.4 Å². The highest BCUT2D eigenvalue weighted by Gasteiger charge is 2.52. The van der Waals surface area contributed by atoms with Gasteiger partial charge in [0.2, 0.25) is 5.75 Å². The largest absolute Gasteiger partial charge is 0.493 e. The quantitative estimate of drug-likeness (QED) is 0.611. The van der Waals surface area contributed by atoms with Crippen molar-refractivity contribution in [2.45, 2.75) is 32.5 Å². The zero-order valence-electron chi connectivity index (χ0n) is 20.5. The molecular weight excluding hydrogens is 477 g/mol. The predicted molar refractivity (Wildman–Crippen MR) is 127 cm³/mol. The van der Waals surface area contributed by atoms with Crippen LogP contribution in [0.2, 0.25) is 0 Å². The van der Waals surface area contributed by atoms with Crippen molar-refractivity contribution in [3.63, 3.8) is 0 Å². The SMILES string of the molecule is COc1cc(C2C3C(=O)CC(C)(C)C=C3Nc3ccccc3N2C(=O)C(F)(F)F)cc(OC)c1OC. The average Bonchev–Trinajstić information content (AvgIpc) is 2.95. The minimum atomic E-state index is -5.20. The van der Waals surface area contributed by atoms with E-state index < -0.39 is 29.5 Å². The lowest BCUT2D eigenvalue weighted by Gasteiger charge is -2.39. The number of ketones is 1. The Hall–Kier alpha value is -3.69. The summed E-state index contributed by atoms with van der Waals surface area (Å²) in [5.41, 5.74) is 0.407. The van der Waals surface area contributed by atoms with Crippen molar-refractivity contribution >= 4 is 23.1 Å². The number of ether oxygens (including phenoxy) is 3. The van der Waals surface area contributed by atoms with Crippen LogP contribution in [-0.4, -0.2) is 39.2 Å². The summed E-state index contributed by atoms with van der Waals surface area (Å²) in [6, 6.07) is 7.78. The van der Waals surface area contributed by atoms with Crippen molar-refractivity contribution in [2.24, 2.45) is 11.3 Å². The first kappa shape index (κ1) is 25.4. The minimum absolute atomic E-state index is 0.000479. The maximum absolute atomic E-state index is 14.0. The molecule has 2 aromatic rings. The van der Waals surface area contributed by atoms with Crippen LogP contribution in [0.4, 0.5) is 24.5 Å². The van der Waals surface area contributed by atoms with Gasteiger partial charge in [-0.2, -0.15) is 13.2 Å². The Morgan fingerprint density at radius 2 is 1.67 bits per heavy atom. The molecule has 0 radical (unpaired) electrons. The van der Waals surface area contributed by atoms with Gasteiger partial charge in [0.05, 0.1) is 44.7 Å². The second kappa shape index (κ2) is 9.07. The van der Waals surface area contributed by atoms with Crippen LogP contribution in [0.15, 0.2) is 48.2 Å². The van der Waals surface area contributed by atoms with E-state index in [1.54, 1.807) is 18.2 Å². The molecule has 7 nitrogen and oxygen atoms in total. The Morgan fingerprint density at radius 1 is 1.06 bits per heavy atom. The van der Waals surface area contributed by atoms with E-state index in [1.807, 2.05) is 19.9 Å². The lowest BCUT2D eigenvalue weighted by Crippen LogP contribution is -2.48. The average molecular weight is 505 g/mol. The number of Topliss-reactive ketones (excluding diaryl/α,β-unsaturated/α-hetero) is 1. The Balaban J connectivity index is 2.08. The van der Waals surface area contributed by atoms with E-state index in [1.165, 1.54) is 39.5 Å². The van der Waals surface area contributed by atoms with E-state index in [0.717, 1.165) is 0 Å². The van der Waals surface area contributed by atoms with E-state index in [4.69, 9.17) is 14.2 Å². The third-order valence-electron chi connectivity index (χ3n) is 6.38. The van der Waals surface area contributed by atoms with Crippen LogP contribution in [0.3, 0.4) is 0 Å². The summed E-state index contributed by atoms with van der Waals surface area (Å²) in [4.78, 5) is 27.3.